The Balaban J connectivity index is 1.97. The molecule has 8 nitrogen and oxygen atoms in total. The van der Waals surface area contributed by atoms with Crippen LogP contribution in [0.4, 0.5) is 5.69 Å². The third-order valence-corrected chi connectivity index (χ3v) is 6.11. The predicted molar refractivity (Wildman–Crippen MR) is 106 cm³/mol. The van der Waals surface area contributed by atoms with Crippen LogP contribution in [-0.2, 0) is 23.9 Å². The first-order valence-corrected chi connectivity index (χ1v) is 9.72. The molecule has 2 heterocycles. The minimum atomic E-state index is -1.03. The number of anilines is 1. The van der Waals surface area contributed by atoms with Crippen LogP contribution in [0.15, 0.2) is 24.3 Å². The van der Waals surface area contributed by atoms with E-state index in [0.717, 1.165) is 5.69 Å². The molecule has 1 aromatic carbocycles. The van der Waals surface area contributed by atoms with E-state index in [0.29, 0.717) is 12.2 Å². The summed E-state index contributed by atoms with van der Waals surface area (Å²) < 4.78 is 15.1. The fourth-order valence-electron chi connectivity index (χ4n) is 4.61. The number of carbonyl (C=O) groups excluding carboxylic acids is 3. The molecule has 29 heavy (non-hydrogen) atoms. The molecule has 158 valence electrons. The minimum Gasteiger partial charge on any atom is -0.497 e. The molecule has 0 radical (unpaired) electrons. The molecule has 2 aliphatic rings. The first-order valence-electron chi connectivity index (χ1n) is 9.72. The molecule has 0 saturated carbocycles. The Bertz CT molecular complexity index is 795. The van der Waals surface area contributed by atoms with Crippen LogP contribution in [0.2, 0.25) is 0 Å². The van der Waals surface area contributed by atoms with E-state index in [-0.39, 0.29) is 24.3 Å². The van der Waals surface area contributed by atoms with Crippen LogP contribution in [0.5, 0.6) is 5.75 Å². The van der Waals surface area contributed by atoms with Crippen molar-refractivity contribution in [3.8, 4) is 5.75 Å². The van der Waals surface area contributed by atoms with Gasteiger partial charge in [0.1, 0.15) is 11.3 Å². The average Bonchev–Trinajstić information content (AvgIpc) is 3.09. The Morgan fingerprint density at radius 1 is 1.17 bits per heavy atom. The highest BCUT2D eigenvalue weighted by atomic mass is 16.5. The number of methoxy groups -OCH3 is 3. The van der Waals surface area contributed by atoms with Gasteiger partial charge in [0.15, 0.2) is 0 Å². The lowest BCUT2D eigenvalue weighted by atomic mass is 9.76. The fourth-order valence-corrected chi connectivity index (χ4v) is 4.61. The summed E-state index contributed by atoms with van der Waals surface area (Å²) in [6.45, 7) is 3.66. The molecule has 1 aromatic rings. The molecule has 2 fully saturated rings. The summed E-state index contributed by atoms with van der Waals surface area (Å²) in [7, 11) is 4.23. The van der Waals surface area contributed by atoms with E-state index >= 15 is 0 Å². The zero-order valence-electron chi connectivity index (χ0n) is 17.4. The van der Waals surface area contributed by atoms with Gasteiger partial charge in [-0.15, -0.1) is 0 Å². The highest BCUT2D eigenvalue weighted by Gasteiger charge is 2.60. The van der Waals surface area contributed by atoms with Gasteiger partial charge >= 0.3 is 11.9 Å². The quantitative estimate of drug-likeness (QED) is 0.567. The second-order valence-corrected chi connectivity index (χ2v) is 7.74. The number of esters is 2. The topological polar surface area (TPSA) is 94.2 Å². The molecular weight excluding hydrogens is 376 g/mol. The summed E-state index contributed by atoms with van der Waals surface area (Å²) in [5.41, 5.74) is -0.302. The molecule has 3 rings (SSSR count). The number of nitrogens with zero attached hydrogens (tertiary/aromatic N) is 1. The molecule has 2 aliphatic heterocycles. The maximum Gasteiger partial charge on any atom is 0.325 e. The van der Waals surface area contributed by atoms with Crippen LogP contribution in [0, 0.1) is 11.8 Å². The van der Waals surface area contributed by atoms with E-state index in [1.54, 1.807) is 31.1 Å². The van der Waals surface area contributed by atoms with Gasteiger partial charge in [0.25, 0.3) is 0 Å². The van der Waals surface area contributed by atoms with Crippen molar-refractivity contribution in [2.24, 2.45) is 11.8 Å². The van der Waals surface area contributed by atoms with Crippen LogP contribution in [0.25, 0.3) is 0 Å². The van der Waals surface area contributed by atoms with Gasteiger partial charge in [-0.2, -0.15) is 0 Å². The summed E-state index contributed by atoms with van der Waals surface area (Å²) in [5.74, 6) is -0.976. The fraction of sp³-hybridized carbons (Fsp3) is 0.571. The Hall–Kier alpha value is -2.61. The maximum absolute atomic E-state index is 12.9. The second-order valence-electron chi connectivity index (χ2n) is 7.74. The molecule has 1 amide bonds. The molecule has 0 spiro atoms. The Morgan fingerprint density at radius 3 is 2.34 bits per heavy atom. The van der Waals surface area contributed by atoms with E-state index in [1.807, 2.05) is 19.1 Å². The molecule has 2 saturated heterocycles. The average molecular weight is 404 g/mol. The molecule has 1 N–H and O–H groups in total. The Kier molecular flexibility index (Phi) is 5.84. The van der Waals surface area contributed by atoms with E-state index in [4.69, 9.17) is 14.2 Å². The second kappa shape index (κ2) is 8.02. The number of hydrogen-bond acceptors (Lipinski definition) is 7. The van der Waals surface area contributed by atoms with Crippen molar-refractivity contribution >= 4 is 23.5 Å². The predicted octanol–water partition coefficient (Wildman–Crippen LogP) is 1.52. The van der Waals surface area contributed by atoms with Crippen molar-refractivity contribution in [2.45, 2.75) is 44.3 Å². The number of hydrogen-bond donors (Lipinski definition) is 1. The summed E-state index contributed by atoms with van der Waals surface area (Å²) in [6, 6.07) is 6.50. The van der Waals surface area contributed by atoms with E-state index < -0.39 is 29.4 Å². The van der Waals surface area contributed by atoms with Crippen molar-refractivity contribution in [1.82, 2.24) is 5.32 Å². The van der Waals surface area contributed by atoms with Gasteiger partial charge in [-0.3, -0.25) is 19.7 Å². The lowest BCUT2D eigenvalue weighted by Crippen LogP contribution is -2.70. The normalized spacial score (nSPS) is 31.2. The van der Waals surface area contributed by atoms with Gasteiger partial charge in [0.2, 0.25) is 5.91 Å². The first kappa shape index (κ1) is 21.1. The smallest absolute Gasteiger partial charge is 0.325 e. The van der Waals surface area contributed by atoms with Gasteiger partial charge in [-0.1, -0.05) is 6.92 Å². The SMILES string of the molecule is CC[C@H]1C(=O)N(c2ccc(OC)cc2)[C@H]1[C@H]1N[C@@](C)(C(=O)OC)C[C@H]1C(=O)OC. The van der Waals surface area contributed by atoms with Crippen LogP contribution in [0.1, 0.15) is 26.7 Å². The zero-order chi connectivity index (χ0) is 21.3. The minimum absolute atomic E-state index is 0.000228. The largest absolute Gasteiger partial charge is 0.497 e. The summed E-state index contributed by atoms with van der Waals surface area (Å²) in [4.78, 5) is 39.5. The number of ether oxygens (including phenoxy) is 3. The van der Waals surface area contributed by atoms with Crippen molar-refractivity contribution in [3.63, 3.8) is 0 Å². The number of amides is 1. The molecule has 5 atom stereocenters. The lowest BCUT2D eigenvalue weighted by Gasteiger charge is -2.51. The van der Waals surface area contributed by atoms with Crippen LogP contribution < -0.4 is 15.0 Å². The molecule has 0 aromatic heterocycles. The third-order valence-electron chi connectivity index (χ3n) is 6.11. The zero-order valence-corrected chi connectivity index (χ0v) is 17.4. The highest BCUT2D eigenvalue weighted by molar-refractivity contribution is 6.03. The van der Waals surface area contributed by atoms with Crippen molar-refractivity contribution in [3.05, 3.63) is 24.3 Å². The molecule has 0 unspecified atom stereocenters. The number of β-lactam (4-membered cyclic amide) rings is 1. The van der Waals surface area contributed by atoms with E-state index in [1.165, 1.54) is 14.2 Å². The van der Waals surface area contributed by atoms with Crippen LogP contribution >= 0.6 is 0 Å². The van der Waals surface area contributed by atoms with E-state index in [2.05, 4.69) is 5.32 Å². The standard InChI is InChI=1S/C21H28N2O6/c1-6-14-17(23(18(14)24)12-7-9-13(27-3)10-8-12)16-15(19(25)28-4)11-21(2,22-16)20(26)29-5/h7-10,14-17,22H,6,11H2,1-5H3/t14-,15-,16+,17-,21-/m1/s1. The van der Waals surface area contributed by atoms with Gasteiger partial charge < -0.3 is 19.1 Å². The van der Waals surface area contributed by atoms with Gasteiger partial charge in [0, 0.05) is 11.7 Å². The molecule has 0 aliphatic carbocycles. The van der Waals surface area contributed by atoms with Crippen molar-refractivity contribution in [2.75, 3.05) is 26.2 Å². The number of carbonyl (C=O) groups is 3. The molecule has 0 bridgehead atoms. The maximum atomic E-state index is 12.9. The van der Waals surface area contributed by atoms with Gasteiger partial charge in [-0.25, -0.2) is 0 Å². The third kappa shape index (κ3) is 3.46. The summed E-state index contributed by atoms with van der Waals surface area (Å²) in [6.07, 6.45) is 0.881. The highest BCUT2D eigenvalue weighted by Crippen LogP contribution is 2.43. The van der Waals surface area contributed by atoms with Gasteiger partial charge in [-0.05, 0) is 44.0 Å². The number of rotatable bonds is 6. The molecule has 8 heteroatoms. The summed E-state index contributed by atoms with van der Waals surface area (Å²) >= 11 is 0. The Morgan fingerprint density at radius 2 is 1.83 bits per heavy atom. The number of benzene rings is 1. The van der Waals surface area contributed by atoms with Crippen molar-refractivity contribution in [1.29, 1.82) is 0 Å². The monoisotopic (exact) mass is 404 g/mol. The van der Waals surface area contributed by atoms with E-state index in [9.17, 15) is 14.4 Å². The number of nitrogens with one attached hydrogen (secondary N) is 1. The van der Waals surface area contributed by atoms with Crippen molar-refractivity contribution < 1.29 is 28.6 Å². The van der Waals surface area contributed by atoms with Gasteiger partial charge in [0.05, 0.1) is 39.2 Å². The van der Waals surface area contributed by atoms with Crippen LogP contribution in [-0.4, -0.2) is 56.8 Å². The Labute approximate surface area is 170 Å². The van der Waals surface area contributed by atoms with Crippen LogP contribution in [0.3, 0.4) is 0 Å². The lowest BCUT2D eigenvalue weighted by molar-refractivity contribution is -0.148. The summed E-state index contributed by atoms with van der Waals surface area (Å²) in [5, 5.41) is 3.30. The molecular formula is C21H28N2O6. The first-order chi connectivity index (χ1) is 13.8.